The zero-order valence-corrected chi connectivity index (χ0v) is 8.58. The molecule has 0 aliphatic carbocycles. The van der Waals surface area contributed by atoms with Crippen LogP contribution in [0.1, 0.15) is 31.0 Å². The Hall–Kier alpha value is -1.38. The van der Waals surface area contributed by atoms with E-state index in [1.54, 1.807) is 6.20 Å². The number of aromatic nitrogens is 2. The van der Waals surface area contributed by atoms with Crippen LogP contribution in [0, 0.1) is 12.9 Å². The molecule has 14 heavy (non-hydrogen) atoms. The van der Waals surface area contributed by atoms with Gasteiger partial charge in [-0.05, 0) is 24.6 Å². The number of hydrogen-bond donors (Lipinski definition) is 0. The predicted octanol–water partition coefficient (Wildman–Crippen LogP) is 2.91. The number of halogens is 1. The molecule has 0 saturated carbocycles. The van der Waals surface area contributed by atoms with Crippen LogP contribution in [0.15, 0.2) is 18.3 Å². The lowest BCUT2D eigenvalue weighted by atomic mass is 10.1. The summed E-state index contributed by atoms with van der Waals surface area (Å²) in [6.07, 6.45) is 1.72. The van der Waals surface area contributed by atoms with E-state index in [2.05, 4.69) is 4.98 Å². The van der Waals surface area contributed by atoms with Crippen LogP contribution in [0.4, 0.5) is 4.39 Å². The van der Waals surface area contributed by atoms with E-state index in [-0.39, 0.29) is 11.9 Å². The first-order valence-corrected chi connectivity index (χ1v) is 4.73. The first-order chi connectivity index (χ1) is 6.59. The van der Waals surface area contributed by atoms with Crippen molar-refractivity contribution in [3.63, 3.8) is 0 Å². The first-order valence-electron chi connectivity index (χ1n) is 4.73. The largest absolute Gasteiger partial charge is 0.276 e. The molecular formula is C11H13FN2. The Labute approximate surface area is 82.4 Å². The van der Waals surface area contributed by atoms with E-state index >= 15 is 0 Å². The van der Waals surface area contributed by atoms with Crippen LogP contribution >= 0.6 is 0 Å². The minimum Gasteiger partial charge on any atom is -0.276 e. The van der Waals surface area contributed by atoms with Crippen molar-refractivity contribution in [1.82, 2.24) is 9.38 Å². The second-order valence-electron chi connectivity index (χ2n) is 3.87. The highest BCUT2D eigenvalue weighted by Gasteiger charge is 2.14. The molecule has 0 spiro atoms. The number of aryl methyl sites for hydroxylation is 1. The smallest absolute Gasteiger partial charge is 0.221 e. The van der Waals surface area contributed by atoms with Gasteiger partial charge in [0.2, 0.25) is 5.95 Å². The summed E-state index contributed by atoms with van der Waals surface area (Å²) < 4.78 is 15.2. The lowest BCUT2D eigenvalue weighted by Gasteiger charge is -1.97. The molecule has 0 saturated heterocycles. The summed E-state index contributed by atoms with van der Waals surface area (Å²) in [6.45, 7) is 5.86. The van der Waals surface area contributed by atoms with E-state index in [9.17, 15) is 4.39 Å². The molecule has 2 heterocycles. The fourth-order valence-electron chi connectivity index (χ4n) is 1.50. The fraction of sp³-hybridized carbons (Fsp3) is 0.364. The van der Waals surface area contributed by atoms with Crippen molar-refractivity contribution >= 4 is 5.65 Å². The second kappa shape index (κ2) is 3.08. The van der Waals surface area contributed by atoms with Crippen molar-refractivity contribution in [2.45, 2.75) is 26.7 Å². The summed E-state index contributed by atoms with van der Waals surface area (Å²) in [5.41, 5.74) is 2.32. The Balaban J connectivity index is 2.73. The SMILES string of the molecule is Cc1ccn2c(F)c(C(C)C)nc2c1. The average Bonchev–Trinajstić information content (AvgIpc) is 2.43. The van der Waals surface area contributed by atoms with Crippen molar-refractivity contribution in [3.8, 4) is 0 Å². The number of rotatable bonds is 1. The van der Waals surface area contributed by atoms with Gasteiger partial charge in [0.1, 0.15) is 5.65 Å². The van der Waals surface area contributed by atoms with Gasteiger partial charge in [-0.2, -0.15) is 4.39 Å². The molecule has 0 fully saturated rings. The van der Waals surface area contributed by atoms with Crippen LogP contribution in [0.25, 0.3) is 5.65 Å². The van der Waals surface area contributed by atoms with Crippen LogP contribution in [0.3, 0.4) is 0 Å². The van der Waals surface area contributed by atoms with Gasteiger partial charge in [-0.25, -0.2) is 4.98 Å². The zero-order valence-electron chi connectivity index (χ0n) is 8.58. The second-order valence-corrected chi connectivity index (χ2v) is 3.87. The van der Waals surface area contributed by atoms with E-state index in [0.29, 0.717) is 11.3 Å². The minimum atomic E-state index is -0.241. The molecule has 0 aliphatic heterocycles. The Bertz CT molecular complexity index is 471. The van der Waals surface area contributed by atoms with Crippen LogP contribution in [-0.4, -0.2) is 9.38 Å². The maximum absolute atomic E-state index is 13.7. The van der Waals surface area contributed by atoms with Gasteiger partial charge in [0.05, 0.1) is 5.69 Å². The maximum atomic E-state index is 13.7. The molecule has 3 heteroatoms. The summed E-state index contributed by atoms with van der Waals surface area (Å²) >= 11 is 0. The van der Waals surface area contributed by atoms with Gasteiger partial charge in [-0.3, -0.25) is 4.40 Å². The van der Waals surface area contributed by atoms with Gasteiger partial charge >= 0.3 is 0 Å². The number of fused-ring (bicyclic) bond motifs is 1. The van der Waals surface area contributed by atoms with Gasteiger partial charge in [0.25, 0.3) is 0 Å². The van der Waals surface area contributed by atoms with E-state index < -0.39 is 0 Å². The van der Waals surface area contributed by atoms with E-state index in [1.165, 1.54) is 4.40 Å². The molecule has 0 N–H and O–H groups in total. The third-order valence-corrected chi connectivity index (χ3v) is 2.29. The van der Waals surface area contributed by atoms with Crippen LogP contribution < -0.4 is 0 Å². The molecule has 2 rings (SSSR count). The van der Waals surface area contributed by atoms with Crippen LogP contribution in [-0.2, 0) is 0 Å². The number of pyridine rings is 1. The molecular weight excluding hydrogens is 179 g/mol. The summed E-state index contributed by atoms with van der Waals surface area (Å²) in [7, 11) is 0. The number of nitrogens with zero attached hydrogens (tertiary/aromatic N) is 2. The molecule has 0 aromatic carbocycles. The van der Waals surface area contributed by atoms with Crippen molar-refractivity contribution in [2.75, 3.05) is 0 Å². The highest BCUT2D eigenvalue weighted by molar-refractivity contribution is 5.43. The molecule has 0 bridgehead atoms. The predicted molar refractivity (Wildman–Crippen MR) is 54.0 cm³/mol. The van der Waals surface area contributed by atoms with Crippen molar-refractivity contribution in [3.05, 3.63) is 35.5 Å². The maximum Gasteiger partial charge on any atom is 0.221 e. The van der Waals surface area contributed by atoms with Gasteiger partial charge in [-0.1, -0.05) is 13.8 Å². The highest BCUT2D eigenvalue weighted by Crippen LogP contribution is 2.19. The fourth-order valence-corrected chi connectivity index (χ4v) is 1.50. The molecule has 0 atom stereocenters. The molecule has 2 nitrogen and oxygen atoms in total. The molecule has 0 aliphatic rings. The van der Waals surface area contributed by atoms with Crippen LogP contribution in [0.2, 0.25) is 0 Å². The van der Waals surface area contributed by atoms with Gasteiger partial charge in [-0.15, -0.1) is 0 Å². The van der Waals surface area contributed by atoms with Crippen molar-refractivity contribution in [2.24, 2.45) is 0 Å². The Morgan fingerprint density at radius 3 is 2.79 bits per heavy atom. The Morgan fingerprint density at radius 2 is 2.14 bits per heavy atom. The third-order valence-electron chi connectivity index (χ3n) is 2.29. The van der Waals surface area contributed by atoms with Gasteiger partial charge in [0, 0.05) is 12.1 Å². The summed E-state index contributed by atoms with van der Waals surface area (Å²) in [5, 5.41) is 0. The monoisotopic (exact) mass is 192 g/mol. The topological polar surface area (TPSA) is 17.3 Å². The Kier molecular flexibility index (Phi) is 2.02. The first kappa shape index (κ1) is 9.19. The van der Waals surface area contributed by atoms with Crippen molar-refractivity contribution in [1.29, 1.82) is 0 Å². The normalized spacial score (nSPS) is 11.5. The number of hydrogen-bond acceptors (Lipinski definition) is 1. The quantitative estimate of drug-likeness (QED) is 0.679. The highest BCUT2D eigenvalue weighted by atomic mass is 19.1. The lowest BCUT2D eigenvalue weighted by molar-refractivity contribution is 0.547. The third kappa shape index (κ3) is 1.29. The van der Waals surface area contributed by atoms with Crippen molar-refractivity contribution < 1.29 is 4.39 Å². The molecule has 0 unspecified atom stereocenters. The minimum absolute atomic E-state index is 0.121. The lowest BCUT2D eigenvalue weighted by Crippen LogP contribution is -1.93. The molecule has 2 aromatic heterocycles. The zero-order chi connectivity index (χ0) is 10.3. The van der Waals surface area contributed by atoms with Gasteiger partial charge in [0.15, 0.2) is 0 Å². The van der Waals surface area contributed by atoms with E-state index in [1.807, 2.05) is 32.9 Å². The average molecular weight is 192 g/mol. The Morgan fingerprint density at radius 1 is 1.43 bits per heavy atom. The standard InChI is InChI=1S/C11H13FN2/c1-7(2)10-11(12)14-5-4-8(3)6-9(14)13-10/h4-7H,1-3H3. The van der Waals surface area contributed by atoms with E-state index in [0.717, 1.165) is 5.56 Å². The molecule has 0 radical (unpaired) electrons. The number of imidazole rings is 1. The van der Waals surface area contributed by atoms with E-state index in [4.69, 9.17) is 0 Å². The molecule has 2 aromatic rings. The molecule has 74 valence electrons. The summed E-state index contributed by atoms with van der Waals surface area (Å²) in [6, 6.07) is 3.76. The summed E-state index contributed by atoms with van der Waals surface area (Å²) in [4.78, 5) is 4.26. The van der Waals surface area contributed by atoms with Crippen LogP contribution in [0.5, 0.6) is 0 Å². The van der Waals surface area contributed by atoms with Gasteiger partial charge < -0.3 is 0 Å². The molecule has 0 amide bonds. The summed E-state index contributed by atoms with van der Waals surface area (Å²) in [5.74, 6) is -0.120.